The third kappa shape index (κ3) is 6.64. The number of guanidine groups is 1. The standard InChI is InChI=1S/C17H28N4O.HI/c1-19(2)17(20(3)4)18-13-15-6-5-7-16(12-15)14-21-8-10-22-11-9-21;/h5-7,12H,8-11,13-14H2,1-4H3;1H. The van der Waals surface area contributed by atoms with Crippen molar-refractivity contribution in [3.05, 3.63) is 35.4 Å². The summed E-state index contributed by atoms with van der Waals surface area (Å²) in [6.45, 7) is 5.44. The number of nitrogens with zero attached hydrogens (tertiary/aromatic N) is 4. The topological polar surface area (TPSA) is 31.3 Å². The van der Waals surface area contributed by atoms with Crippen LogP contribution >= 0.6 is 24.0 Å². The van der Waals surface area contributed by atoms with Crippen molar-refractivity contribution in [2.24, 2.45) is 4.99 Å². The second-order valence-corrected chi connectivity index (χ2v) is 6.11. The maximum absolute atomic E-state index is 5.40. The van der Waals surface area contributed by atoms with E-state index >= 15 is 0 Å². The van der Waals surface area contributed by atoms with Gasteiger partial charge >= 0.3 is 0 Å². The first kappa shape index (κ1) is 20.2. The second-order valence-electron chi connectivity index (χ2n) is 6.11. The van der Waals surface area contributed by atoms with Crippen molar-refractivity contribution in [3.63, 3.8) is 0 Å². The second kappa shape index (κ2) is 10.1. The van der Waals surface area contributed by atoms with E-state index in [1.54, 1.807) is 0 Å². The maximum atomic E-state index is 5.40. The van der Waals surface area contributed by atoms with Crippen molar-refractivity contribution >= 4 is 29.9 Å². The predicted molar refractivity (Wildman–Crippen MR) is 106 cm³/mol. The number of aliphatic imine (C=N–C) groups is 1. The van der Waals surface area contributed by atoms with Gasteiger partial charge in [0.05, 0.1) is 19.8 Å². The predicted octanol–water partition coefficient (Wildman–Crippen LogP) is 2.12. The zero-order valence-electron chi connectivity index (χ0n) is 14.7. The molecular formula is C17H29IN4O. The molecule has 1 fully saturated rings. The highest BCUT2D eigenvalue weighted by Gasteiger charge is 2.11. The summed E-state index contributed by atoms with van der Waals surface area (Å²) in [7, 11) is 8.09. The monoisotopic (exact) mass is 432 g/mol. The molecule has 5 nitrogen and oxygen atoms in total. The first-order chi connectivity index (χ1) is 10.6. The highest BCUT2D eigenvalue weighted by atomic mass is 127. The Morgan fingerprint density at radius 1 is 1.09 bits per heavy atom. The summed E-state index contributed by atoms with van der Waals surface area (Å²) < 4.78 is 5.40. The Hall–Kier alpha value is -0.860. The molecule has 0 bridgehead atoms. The fraction of sp³-hybridized carbons (Fsp3) is 0.588. The molecule has 0 amide bonds. The fourth-order valence-electron chi connectivity index (χ4n) is 2.69. The smallest absolute Gasteiger partial charge is 0.195 e. The van der Waals surface area contributed by atoms with Gasteiger partial charge in [0.2, 0.25) is 0 Å². The third-order valence-corrected chi connectivity index (χ3v) is 3.70. The fourth-order valence-corrected chi connectivity index (χ4v) is 2.69. The van der Waals surface area contributed by atoms with E-state index in [1.165, 1.54) is 11.1 Å². The molecule has 0 unspecified atom stereocenters. The molecule has 0 atom stereocenters. The van der Waals surface area contributed by atoms with Gasteiger partial charge in [0.1, 0.15) is 0 Å². The van der Waals surface area contributed by atoms with Gasteiger partial charge in [-0.15, -0.1) is 24.0 Å². The van der Waals surface area contributed by atoms with Crippen LogP contribution in [0.1, 0.15) is 11.1 Å². The van der Waals surface area contributed by atoms with Crippen LogP contribution in [0, 0.1) is 0 Å². The van der Waals surface area contributed by atoms with Crippen LogP contribution < -0.4 is 0 Å². The summed E-state index contributed by atoms with van der Waals surface area (Å²) >= 11 is 0. The average Bonchev–Trinajstić information content (AvgIpc) is 2.48. The SMILES string of the molecule is CN(C)C(=NCc1cccc(CN2CCOCC2)c1)N(C)C.I. The molecule has 2 rings (SSSR count). The number of halogens is 1. The molecule has 0 aliphatic carbocycles. The van der Waals surface area contributed by atoms with Crippen LogP contribution in [0.25, 0.3) is 0 Å². The quantitative estimate of drug-likeness (QED) is 0.415. The van der Waals surface area contributed by atoms with Crippen LogP contribution in [-0.4, -0.2) is 75.2 Å². The van der Waals surface area contributed by atoms with Crippen molar-refractivity contribution in [3.8, 4) is 0 Å². The third-order valence-electron chi connectivity index (χ3n) is 3.70. The van der Waals surface area contributed by atoms with Gasteiger partial charge in [-0.25, -0.2) is 4.99 Å². The van der Waals surface area contributed by atoms with E-state index in [9.17, 15) is 0 Å². The lowest BCUT2D eigenvalue weighted by Gasteiger charge is -2.26. The summed E-state index contributed by atoms with van der Waals surface area (Å²) in [5, 5.41) is 0. The van der Waals surface area contributed by atoms with Gasteiger partial charge < -0.3 is 14.5 Å². The number of hydrogen-bond acceptors (Lipinski definition) is 3. The number of benzene rings is 1. The van der Waals surface area contributed by atoms with Crippen LogP contribution in [0.5, 0.6) is 0 Å². The summed E-state index contributed by atoms with van der Waals surface area (Å²) in [6, 6.07) is 8.74. The van der Waals surface area contributed by atoms with Gasteiger partial charge in [-0.1, -0.05) is 24.3 Å². The average molecular weight is 432 g/mol. The summed E-state index contributed by atoms with van der Waals surface area (Å²) in [4.78, 5) is 11.2. The van der Waals surface area contributed by atoms with E-state index in [4.69, 9.17) is 9.73 Å². The van der Waals surface area contributed by atoms with E-state index in [0.717, 1.165) is 38.8 Å². The van der Waals surface area contributed by atoms with Gasteiger partial charge in [-0.3, -0.25) is 4.90 Å². The molecular weight excluding hydrogens is 403 g/mol. The van der Waals surface area contributed by atoms with E-state index in [2.05, 4.69) is 29.2 Å². The Labute approximate surface area is 157 Å². The highest BCUT2D eigenvalue weighted by Crippen LogP contribution is 2.11. The first-order valence-electron chi connectivity index (χ1n) is 7.83. The zero-order valence-corrected chi connectivity index (χ0v) is 17.0. The Morgan fingerprint density at radius 2 is 1.70 bits per heavy atom. The number of rotatable bonds is 4. The summed E-state index contributed by atoms with van der Waals surface area (Å²) in [5.74, 6) is 0.985. The van der Waals surface area contributed by atoms with Crippen LogP contribution in [-0.2, 0) is 17.8 Å². The van der Waals surface area contributed by atoms with Gasteiger partial charge in [0.25, 0.3) is 0 Å². The molecule has 23 heavy (non-hydrogen) atoms. The lowest BCUT2D eigenvalue weighted by molar-refractivity contribution is 0.0342. The van der Waals surface area contributed by atoms with Gasteiger partial charge in [0, 0.05) is 47.8 Å². The van der Waals surface area contributed by atoms with Crippen LogP contribution in [0.2, 0.25) is 0 Å². The van der Waals surface area contributed by atoms with Crippen molar-refractivity contribution in [1.82, 2.24) is 14.7 Å². The Bertz CT molecular complexity index is 489. The van der Waals surface area contributed by atoms with Crippen LogP contribution in [0.15, 0.2) is 29.3 Å². The van der Waals surface area contributed by atoms with Gasteiger partial charge in [0.15, 0.2) is 5.96 Å². The minimum atomic E-state index is 0. The van der Waals surface area contributed by atoms with E-state index < -0.39 is 0 Å². The Balaban J connectivity index is 0.00000264. The largest absolute Gasteiger partial charge is 0.379 e. The molecule has 0 spiro atoms. The molecule has 1 aromatic rings. The lowest BCUT2D eigenvalue weighted by Crippen LogP contribution is -2.35. The van der Waals surface area contributed by atoms with E-state index in [0.29, 0.717) is 6.54 Å². The molecule has 0 aromatic heterocycles. The normalized spacial score (nSPS) is 14.8. The van der Waals surface area contributed by atoms with Crippen LogP contribution in [0.3, 0.4) is 0 Å². The number of morpholine rings is 1. The number of ether oxygens (including phenoxy) is 1. The molecule has 6 heteroatoms. The van der Waals surface area contributed by atoms with Crippen LogP contribution in [0.4, 0.5) is 0 Å². The molecule has 1 heterocycles. The maximum Gasteiger partial charge on any atom is 0.195 e. The molecule has 0 N–H and O–H groups in total. The van der Waals surface area contributed by atoms with Crippen molar-refractivity contribution in [2.45, 2.75) is 13.1 Å². The molecule has 130 valence electrons. The highest BCUT2D eigenvalue weighted by molar-refractivity contribution is 14.0. The molecule has 1 aliphatic heterocycles. The van der Waals surface area contributed by atoms with Crippen molar-refractivity contribution in [1.29, 1.82) is 0 Å². The number of hydrogen-bond donors (Lipinski definition) is 0. The zero-order chi connectivity index (χ0) is 15.9. The Morgan fingerprint density at radius 3 is 2.30 bits per heavy atom. The molecule has 0 radical (unpaired) electrons. The minimum absolute atomic E-state index is 0. The first-order valence-corrected chi connectivity index (χ1v) is 7.83. The van der Waals surface area contributed by atoms with E-state index in [1.807, 2.05) is 38.0 Å². The minimum Gasteiger partial charge on any atom is -0.379 e. The Kier molecular flexibility index (Phi) is 8.86. The molecule has 1 saturated heterocycles. The summed E-state index contributed by atoms with van der Waals surface area (Å²) in [6.07, 6.45) is 0. The summed E-state index contributed by atoms with van der Waals surface area (Å²) in [5.41, 5.74) is 2.61. The lowest BCUT2D eigenvalue weighted by atomic mass is 10.1. The van der Waals surface area contributed by atoms with E-state index in [-0.39, 0.29) is 24.0 Å². The molecule has 1 aromatic carbocycles. The van der Waals surface area contributed by atoms with Gasteiger partial charge in [-0.05, 0) is 11.1 Å². The van der Waals surface area contributed by atoms with Crippen molar-refractivity contribution < 1.29 is 4.74 Å². The van der Waals surface area contributed by atoms with Gasteiger partial charge in [-0.2, -0.15) is 0 Å². The van der Waals surface area contributed by atoms with Crippen molar-refractivity contribution in [2.75, 3.05) is 54.5 Å². The molecule has 0 saturated carbocycles. The molecule has 1 aliphatic rings.